The minimum Gasteiger partial charge on any atom is -0.268 e. The van der Waals surface area contributed by atoms with Crippen LogP contribution in [0.1, 0.15) is 19.8 Å². The Bertz CT molecular complexity index is 222. The Labute approximate surface area is 69.1 Å². The summed E-state index contributed by atoms with van der Waals surface area (Å²) in [6.07, 6.45) is 0.681. The maximum absolute atomic E-state index is 10.8. The molecule has 0 saturated carbocycles. The zero-order valence-electron chi connectivity index (χ0n) is 6.73. The Hall–Kier alpha value is -0.720. The van der Waals surface area contributed by atoms with Crippen LogP contribution in [-0.4, -0.2) is 28.5 Å². The Morgan fingerprint density at radius 2 is 2.50 bits per heavy atom. The first kappa shape index (κ1) is 7.90. The van der Waals surface area contributed by atoms with E-state index < -0.39 is 5.66 Å². The van der Waals surface area contributed by atoms with Crippen molar-refractivity contribution in [2.45, 2.75) is 31.5 Å². The lowest BCUT2D eigenvalue weighted by Gasteiger charge is -2.16. The summed E-state index contributed by atoms with van der Waals surface area (Å²) >= 11 is 0. The summed E-state index contributed by atoms with van der Waals surface area (Å²) in [6, 6.07) is 0. The lowest BCUT2D eigenvalue weighted by molar-refractivity contribution is -0.630. The first-order valence-corrected chi connectivity index (χ1v) is 3.89. The van der Waals surface area contributed by atoms with Crippen LogP contribution < -0.4 is 0 Å². The quantitative estimate of drug-likeness (QED) is 0.423. The molecule has 2 fully saturated rings. The van der Waals surface area contributed by atoms with E-state index in [0.29, 0.717) is 19.4 Å². The number of hydroxylamine groups is 2. The van der Waals surface area contributed by atoms with E-state index in [9.17, 15) is 10.1 Å². The molecule has 0 aromatic rings. The minimum absolute atomic E-state index is 0.129. The second kappa shape index (κ2) is 2.38. The first-order chi connectivity index (χ1) is 5.65. The third-order valence-electron chi connectivity index (χ3n) is 2.28. The molecule has 0 bridgehead atoms. The fourth-order valence-electron chi connectivity index (χ4n) is 1.70. The zero-order chi connectivity index (χ0) is 8.77. The summed E-state index contributed by atoms with van der Waals surface area (Å²) < 4.78 is 0. The first-order valence-electron chi connectivity index (χ1n) is 3.89. The topological polar surface area (TPSA) is 64.8 Å². The van der Waals surface area contributed by atoms with Crippen LogP contribution in [0.5, 0.6) is 0 Å². The summed E-state index contributed by atoms with van der Waals surface area (Å²) in [6.45, 7) is 2.17. The van der Waals surface area contributed by atoms with Gasteiger partial charge in [0.1, 0.15) is 0 Å². The average Bonchev–Trinajstić information content (AvgIpc) is 2.42. The van der Waals surface area contributed by atoms with Crippen molar-refractivity contribution in [1.29, 1.82) is 0 Å². The molecule has 6 nitrogen and oxygen atoms in total. The number of nitro groups is 1. The van der Waals surface area contributed by atoms with Gasteiger partial charge in [0, 0.05) is 10.1 Å². The van der Waals surface area contributed by atoms with Crippen molar-refractivity contribution in [2.24, 2.45) is 0 Å². The fourth-order valence-corrected chi connectivity index (χ4v) is 1.70. The number of nitrogens with zero attached hydrogens (tertiary/aromatic N) is 2. The van der Waals surface area contributed by atoms with Crippen LogP contribution in [0, 0.1) is 10.1 Å². The van der Waals surface area contributed by atoms with Gasteiger partial charge in [0.2, 0.25) is 0 Å². The van der Waals surface area contributed by atoms with Crippen LogP contribution in [0.2, 0.25) is 0 Å². The molecule has 12 heavy (non-hydrogen) atoms. The minimum atomic E-state index is -1.11. The van der Waals surface area contributed by atoms with E-state index in [2.05, 4.69) is 0 Å². The Morgan fingerprint density at radius 1 is 1.75 bits per heavy atom. The largest absolute Gasteiger partial charge is 0.326 e. The zero-order valence-corrected chi connectivity index (χ0v) is 6.73. The van der Waals surface area contributed by atoms with Gasteiger partial charge in [0.05, 0.1) is 25.6 Å². The van der Waals surface area contributed by atoms with Crippen molar-refractivity contribution >= 4 is 0 Å². The third-order valence-corrected chi connectivity index (χ3v) is 2.28. The molecular weight excluding hydrogens is 164 g/mol. The van der Waals surface area contributed by atoms with Gasteiger partial charge in [-0.25, -0.2) is 0 Å². The standard InChI is InChI=1S/C6H10N2O4/c1-5-4-6(7(9)10)2-3-11-8(6)12-5/h5H,2-4H2,1H3. The van der Waals surface area contributed by atoms with Crippen molar-refractivity contribution in [3.63, 3.8) is 0 Å². The SMILES string of the molecule is CC1CC2([N+](=O)[O-])CCON2O1. The van der Waals surface area contributed by atoms with E-state index in [1.54, 1.807) is 6.92 Å². The highest BCUT2D eigenvalue weighted by molar-refractivity contribution is 4.83. The molecule has 0 amide bonds. The Morgan fingerprint density at radius 3 is 3.08 bits per heavy atom. The maximum Gasteiger partial charge on any atom is 0.326 e. The molecule has 2 heterocycles. The number of rotatable bonds is 1. The molecule has 0 spiro atoms. The Balaban J connectivity index is 2.26. The lowest BCUT2D eigenvalue weighted by atomic mass is 10.0. The lowest BCUT2D eigenvalue weighted by Crippen LogP contribution is -2.44. The molecule has 0 aliphatic carbocycles. The van der Waals surface area contributed by atoms with E-state index >= 15 is 0 Å². The van der Waals surface area contributed by atoms with Gasteiger partial charge < -0.3 is 0 Å². The highest BCUT2D eigenvalue weighted by atomic mass is 17.0. The van der Waals surface area contributed by atoms with E-state index in [1.165, 1.54) is 0 Å². The third kappa shape index (κ3) is 0.855. The summed E-state index contributed by atoms with van der Waals surface area (Å²) in [5.74, 6) is 0. The van der Waals surface area contributed by atoms with E-state index in [4.69, 9.17) is 9.68 Å². The average molecular weight is 174 g/mol. The predicted octanol–water partition coefficient (Wildman–Crippen LogP) is 0.320. The molecule has 0 aromatic carbocycles. The molecule has 2 saturated heterocycles. The summed E-state index contributed by atoms with van der Waals surface area (Å²) in [7, 11) is 0. The van der Waals surface area contributed by atoms with E-state index in [-0.39, 0.29) is 11.0 Å². The molecule has 2 atom stereocenters. The summed E-state index contributed by atoms with van der Waals surface area (Å²) in [5, 5.41) is 11.8. The summed E-state index contributed by atoms with van der Waals surface area (Å²) in [5.41, 5.74) is -1.11. The van der Waals surface area contributed by atoms with Crippen molar-refractivity contribution in [2.75, 3.05) is 6.61 Å². The van der Waals surface area contributed by atoms with Gasteiger partial charge in [0.25, 0.3) is 0 Å². The van der Waals surface area contributed by atoms with Crippen LogP contribution in [0.3, 0.4) is 0 Å². The van der Waals surface area contributed by atoms with Crippen LogP contribution in [-0.2, 0) is 9.68 Å². The molecule has 0 aromatic heterocycles. The molecule has 2 unspecified atom stereocenters. The molecule has 0 N–H and O–H groups in total. The Kier molecular flexibility index (Phi) is 1.57. The predicted molar refractivity (Wildman–Crippen MR) is 37.3 cm³/mol. The van der Waals surface area contributed by atoms with Gasteiger partial charge in [-0.15, -0.1) is 0 Å². The van der Waals surface area contributed by atoms with Crippen LogP contribution in [0.25, 0.3) is 0 Å². The fraction of sp³-hybridized carbons (Fsp3) is 1.00. The van der Waals surface area contributed by atoms with E-state index in [1.807, 2.05) is 0 Å². The maximum atomic E-state index is 10.8. The molecule has 0 radical (unpaired) electrons. The van der Waals surface area contributed by atoms with Crippen molar-refractivity contribution < 1.29 is 14.6 Å². The highest BCUT2D eigenvalue weighted by Gasteiger charge is 2.61. The van der Waals surface area contributed by atoms with Crippen LogP contribution in [0.4, 0.5) is 0 Å². The molecule has 2 aliphatic heterocycles. The van der Waals surface area contributed by atoms with Crippen molar-refractivity contribution in [3.05, 3.63) is 10.1 Å². The smallest absolute Gasteiger partial charge is 0.268 e. The normalized spacial score (nSPS) is 41.6. The molecule has 68 valence electrons. The van der Waals surface area contributed by atoms with Gasteiger partial charge in [-0.05, 0) is 6.92 Å². The van der Waals surface area contributed by atoms with Gasteiger partial charge in [-0.3, -0.25) is 19.8 Å². The number of hydrogen-bond donors (Lipinski definition) is 0. The van der Waals surface area contributed by atoms with Crippen molar-refractivity contribution in [3.8, 4) is 0 Å². The van der Waals surface area contributed by atoms with Crippen molar-refractivity contribution in [1.82, 2.24) is 5.23 Å². The molecule has 2 aliphatic rings. The second-order valence-electron chi connectivity index (χ2n) is 3.20. The molecule has 6 heteroatoms. The number of hydrogen-bond acceptors (Lipinski definition) is 5. The van der Waals surface area contributed by atoms with Gasteiger partial charge in [-0.1, -0.05) is 0 Å². The van der Waals surface area contributed by atoms with Gasteiger partial charge >= 0.3 is 5.66 Å². The monoisotopic (exact) mass is 174 g/mol. The van der Waals surface area contributed by atoms with Crippen LogP contribution >= 0.6 is 0 Å². The molecule has 2 rings (SSSR count). The van der Waals surface area contributed by atoms with Gasteiger partial charge in [0.15, 0.2) is 0 Å². The molecular formula is C6H10N2O4. The van der Waals surface area contributed by atoms with E-state index in [0.717, 1.165) is 5.23 Å². The second-order valence-corrected chi connectivity index (χ2v) is 3.20. The van der Waals surface area contributed by atoms with Crippen LogP contribution in [0.15, 0.2) is 0 Å². The number of fused-ring (bicyclic) bond motifs is 1. The van der Waals surface area contributed by atoms with Gasteiger partial charge in [-0.2, -0.15) is 0 Å². The summed E-state index contributed by atoms with van der Waals surface area (Å²) in [4.78, 5) is 20.5. The highest BCUT2D eigenvalue weighted by Crippen LogP contribution is 2.39.